The number of aryl methyl sites for hydroxylation is 1. The van der Waals surface area contributed by atoms with Crippen molar-refractivity contribution in [1.82, 2.24) is 25.5 Å². The predicted molar refractivity (Wildman–Crippen MR) is 54.8 cm³/mol. The number of nitrogens with zero attached hydrogens (tertiary/aromatic N) is 4. The number of tetrazole rings is 1. The molecule has 1 aromatic heterocycles. The first kappa shape index (κ1) is 11.1. The van der Waals surface area contributed by atoms with E-state index in [1.54, 1.807) is 7.05 Å². The van der Waals surface area contributed by atoms with E-state index in [1.807, 2.05) is 0 Å². The molecule has 1 unspecified atom stereocenters. The van der Waals surface area contributed by atoms with Gasteiger partial charge in [-0.1, -0.05) is 20.3 Å². The quantitative estimate of drug-likeness (QED) is 0.716. The van der Waals surface area contributed by atoms with Gasteiger partial charge < -0.3 is 5.32 Å². The van der Waals surface area contributed by atoms with E-state index < -0.39 is 0 Å². The molecular formula is C9H19N5. The van der Waals surface area contributed by atoms with Crippen LogP contribution in [0.2, 0.25) is 0 Å². The molecule has 0 fully saturated rings. The van der Waals surface area contributed by atoms with Crippen LogP contribution in [0.15, 0.2) is 0 Å². The summed E-state index contributed by atoms with van der Waals surface area (Å²) in [6.45, 7) is 6.36. The maximum atomic E-state index is 4.17. The Labute approximate surface area is 84.9 Å². The molecule has 80 valence electrons. The summed E-state index contributed by atoms with van der Waals surface area (Å²) < 4.78 is 0. The molecular weight excluding hydrogens is 178 g/mol. The molecule has 1 heterocycles. The lowest BCUT2D eigenvalue weighted by molar-refractivity contribution is 0.457. The van der Waals surface area contributed by atoms with Gasteiger partial charge in [0.15, 0.2) is 5.82 Å². The maximum Gasteiger partial charge on any atom is 0.175 e. The molecule has 1 atom stereocenters. The van der Waals surface area contributed by atoms with Crippen molar-refractivity contribution in [1.29, 1.82) is 0 Å². The topological polar surface area (TPSA) is 55.6 Å². The average molecular weight is 197 g/mol. The number of aromatic nitrogens is 4. The third-order valence-electron chi connectivity index (χ3n) is 2.28. The van der Waals surface area contributed by atoms with E-state index >= 15 is 0 Å². The molecule has 0 aromatic carbocycles. The zero-order valence-corrected chi connectivity index (χ0v) is 9.19. The van der Waals surface area contributed by atoms with E-state index in [4.69, 9.17) is 0 Å². The summed E-state index contributed by atoms with van der Waals surface area (Å²) in [5.74, 6) is 1.46. The van der Waals surface area contributed by atoms with Gasteiger partial charge in [-0.15, -0.1) is 10.2 Å². The lowest BCUT2D eigenvalue weighted by atomic mass is 10.0. The smallest absolute Gasteiger partial charge is 0.175 e. The van der Waals surface area contributed by atoms with Crippen molar-refractivity contribution in [2.75, 3.05) is 13.1 Å². The zero-order valence-electron chi connectivity index (χ0n) is 9.19. The van der Waals surface area contributed by atoms with Crippen LogP contribution in [0.4, 0.5) is 0 Å². The summed E-state index contributed by atoms with van der Waals surface area (Å²) in [4.78, 5) is 1.51. The highest BCUT2D eigenvalue weighted by Crippen LogP contribution is 2.06. The molecule has 0 radical (unpaired) electrons. The van der Waals surface area contributed by atoms with Gasteiger partial charge >= 0.3 is 0 Å². The largest absolute Gasteiger partial charge is 0.317 e. The van der Waals surface area contributed by atoms with Crippen LogP contribution < -0.4 is 5.32 Å². The van der Waals surface area contributed by atoms with Gasteiger partial charge in [0.25, 0.3) is 0 Å². The Kier molecular flexibility index (Phi) is 4.52. The van der Waals surface area contributed by atoms with Crippen LogP contribution in [0.1, 0.15) is 26.1 Å². The molecule has 0 aliphatic heterocycles. The Morgan fingerprint density at radius 2 is 2.21 bits per heavy atom. The molecule has 0 aliphatic rings. The molecule has 1 N–H and O–H groups in total. The lowest BCUT2D eigenvalue weighted by Gasteiger charge is -2.12. The zero-order chi connectivity index (χ0) is 10.4. The molecule has 5 heteroatoms. The molecule has 0 saturated carbocycles. The Bertz CT molecular complexity index is 257. The summed E-state index contributed by atoms with van der Waals surface area (Å²) in [5.41, 5.74) is 0. The van der Waals surface area contributed by atoms with Crippen LogP contribution in [-0.4, -0.2) is 33.3 Å². The number of nitrogens with one attached hydrogen (secondary N) is 1. The molecule has 1 aromatic rings. The minimum Gasteiger partial charge on any atom is -0.317 e. The van der Waals surface area contributed by atoms with Gasteiger partial charge in [0.1, 0.15) is 0 Å². The van der Waals surface area contributed by atoms with Crippen molar-refractivity contribution in [3.8, 4) is 0 Å². The maximum absolute atomic E-state index is 4.17. The molecule has 0 bridgehead atoms. The van der Waals surface area contributed by atoms with Gasteiger partial charge in [-0.25, -0.2) is 0 Å². The van der Waals surface area contributed by atoms with Crippen LogP contribution in [-0.2, 0) is 13.5 Å². The van der Waals surface area contributed by atoms with Crippen molar-refractivity contribution in [3.63, 3.8) is 0 Å². The van der Waals surface area contributed by atoms with Gasteiger partial charge in [-0.3, -0.25) is 0 Å². The standard InChI is InChI=1S/C9H19N5/c1-4-8(7-10-5-2)6-9-11-13-14(3)12-9/h8,10H,4-7H2,1-3H3. The van der Waals surface area contributed by atoms with Gasteiger partial charge in [0.05, 0.1) is 7.05 Å². The monoisotopic (exact) mass is 197 g/mol. The fourth-order valence-electron chi connectivity index (χ4n) is 1.37. The second-order valence-corrected chi connectivity index (χ2v) is 3.48. The van der Waals surface area contributed by atoms with E-state index in [2.05, 4.69) is 34.6 Å². The van der Waals surface area contributed by atoms with Gasteiger partial charge in [0, 0.05) is 6.42 Å². The van der Waals surface area contributed by atoms with Crippen molar-refractivity contribution in [2.24, 2.45) is 13.0 Å². The van der Waals surface area contributed by atoms with Crippen LogP contribution in [0.3, 0.4) is 0 Å². The Morgan fingerprint density at radius 1 is 1.43 bits per heavy atom. The summed E-state index contributed by atoms with van der Waals surface area (Å²) in [6, 6.07) is 0. The predicted octanol–water partition coefficient (Wildman–Crippen LogP) is 0.388. The summed E-state index contributed by atoms with van der Waals surface area (Å²) in [6.07, 6.45) is 2.06. The van der Waals surface area contributed by atoms with Crippen LogP contribution in [0, 0.1) is 5.92 Å². The van der Waals surface area contributed by atoms with E-state index in [1.165, 1.54) is 4.80 Å². The highest BCUT2D eigenvalue weighted by Gasteiger charge is 2.10. The molecule has 0 amide bonds. The first-order chi connectivity index (χ1) is 6.76. The third-order valence-corrected chi connectivity index (χ3v) is 2.28. The van der Waals surface area contributed by atoms with E-state index in [0.717, 1.165) is 31.8 Å². The van der Waals surface area contributed by atoms with Gasteiger partial charge in [-0.05, 0) is 24.2 Å². The SMILES string of the molecule is CCNCC(CC)Cc1nnn(C)n1. The Morgan fingerprint density at radius 3 is 2.71 bits per heavy atom. The summed E-state index contributed by atoms with van der Waals surface area (Å²) in [7, 11) is 1.79. The molecule has 0 saturated heterocycles. The van der Waals surface area contributed by atoms with E-state index in [0.29, 0.717) is 5.92 Å². The fourth-order valence-corrected chi connectivity index (χ4v) is 1.37. The highest BCUT2D eigenvalue weighted by molar-refractivity contribution is 4.81. The van der Waals surface area contributed by atoms with Crippen LogP contribution >= 0.6 is 0 Å². The summed E-state index contributed by atoms with van der Waals surface area (Å²) >= 11 is 0. The average Bonchev–Trinajstić information content (AvgIpc) is 2.58. The molecule has 0 aliphatic carbocycles. The fraction of sp³-hybridized carbons (Fsp3) is 0.889. The first-order valence-electron chi connectivity index (χ1n) is 5.19. The molecule has 5 nitrogen and oxygen atoms in total. The molecule has 14 heavy (non-hydrogen) atoms. The normalized spacial score (nSPS) is 13.1. The molecule has 0 spiro atoms. The van der Waals surface area contributed by atoms with Crippen molar-refractivity contribution in [3.05, 3.63) is 5.82 Å². The lowest BCUT2D eigenvalue weighted by Crippen LogP contribution is -2.23. The number of rotatable bonds is 6. The summed E-state index contributed by atoms with van der Waals surface area (Å²) in [5, 5.41) is 15.3. The van der Waals surface area contributed by atoms with Crippen LogP contribution in [0.25, 0.3) is 0 Å². The van der Waals surface area contributed by atoms with Crippen LogP contribution in [0.5, 0.6) is 0 Å². The Hall–Kier alpha value is -0.970. The van der Waals surface area contributed by atoms with Crippen molar-refractivity contribution < 1.29 is 0 Å². The van der Waals surface area contributed by atoms with Gasteiger partial charge in [0.2, 0.25) is 0 Å². The van der Waals surface area contributed by atoms with Crippen molar-refractivity contribution in [2.45, 2.75) is 26.7 Å². The first-order valence-corrected chi connectivity index (χ1v) is 5.19. The van der Waals surface area contributed by atoms with Crippen molar-refractivity contribution >= 4 is 0 Å². The van der Waals surface area contributed by atoms with E-state index in [-0.39, 0.29) is 0 Å². The molecule has 1 rings (SSSR count). The third kappa shape index (κ3) is 3.41. The number of hydrogen-bond donors (Lipinski definition) is 1. The second kappa shape index (κ2) is 5.70. The van der Waals surface area contributed by atoms with Gasteiger partial charge in [-0.2, -0.15) is 4.80 Å². The van der Waals surface area contributed by atoms with E-state index in [9.17, 15) is 0 Å². The minimum absolute atomic E-state index is 0.610. The minimum atomic E-state index is 0.610. The second-order valence-electron chi connectivity index (χ2n) is 3.48. The Balaban J connectivity index is 2.40. The highest BCUT2D eigenvalue weighted by atomic mass is 15.6. The number of hydrogen-bond acceptors (Lipinski definition) is 4.